The highest BCUT2D eigenvalue weighted by Crippen LogP contribution is 2.40. The molecule has 0 amide bonds. The zero-order valence-corrected chi connectivity index (χ0v) is 17.4. The molecule has 33 heavy (non-hydrogen) atoms. The number of fused-ring (bicyclic) bond motifs is 1. The number of benzene rings is 1. The molecule has 174 valence electrons. The second-order valence-corrected chi connectivity index (χ2v) is 7.36. The predicted octanol–water partition coefficient (Wildman–Crippen LogP) is 6.02. The van der Waals surface area contributed by atoms with Gasteiger partial charge in [0.2, 0.25) is 5.82 Å². The molecular formula is C21H16F6N4O2. The van der Waals surface area contributed by atoms with Crippen LogP contribution in [0.15, 0.2) is 41.1 Å². The van der Waals surface area contributed by atoms with Crippen molar-refractivity contribution >= 4 is 5.65 Å². The van der Waals surface area contributed by atoms with Crippen LogP contribution in [0.5, 0.6) is 5.75 Å². The summed E-state index contributed by atoms with van der Waals surface area (Å²) >= 11 is 0. The third-order valence-corrected chi connectivity index (χ3v) is 5.08. The zero-order valence-electron chi connectivity index (χ0n) is 17.4. The molecule has 4 rings (SSSR count). The number of rotatable bonds is 4. The van der Waals surface area contributed by atoms with E-state index >= 15 is 0 Å². The summed E-state index contributed by atoms with van der Waals surface area (Å²) in [5.41, 5.74) is 1.46. The Morgan fingerprint density at radius 1 is 0.970 bits per heavy atom. The van der Waals surface area contributed by atoms with Crippen molar-refractivity contribution in [2.75, 3.05) is 0 Å². The average Bonchev–Trinajstić information content (AvgIpc) is 3.32. The highest BCUT2D eigenvalue weighted by Gasteiger charge is 2.41. The van der Waals surface area contributed by atoms with Crippen LogP contribution in [0.4, 0.5) is 26.3 Å². The third-order valence-electron chi connectivity index (χ3n) is 5.08. The smallest absolute Gasteiger partial charge is 0.425 e. The lowest BCUT2D eigenvalue weighted by molar-refractivity contribution is -0.191. The minimum absolute atomic E-state index is 0.121. The summed E-state index contributed by atoms with van der Waals surface area (Å²) in [6.45, 7) is 4.36. The van der Waals surface area contributed by atoms with Crippen LogP contribution in [0, 0.1) is 13.8 Å². The maximum Gasteiger partial charge on any atom is 0.425 e. The number of hydrogen-bond acceptors (Lipinski definition) is 5. The van der Waals surface area contributed by atoms with Gasteiger partial charge in [0, 0.05) is 23.0 Å². The molecule has 4 aromatic rings. The molecule has 0 saturated carbocycles. The van der Waals surface area contributed by atoms with E-state index in [1.165, 1.54) is 0 Å². The molecule has 0 aliphatic rings. The van der Waals surface area contributed by atoms with Gasteiger partial charge in [0.15, 0.2) is 6.10 Å². The van der Waals surface area contributed by atoms with Crippen molar-refractivity contribution in [3.05, 3.63) is 53.5 Å². The van der Waals surface area contributed by atoms with Gasteiger partial charge in [-0.15, -0.1) is 0 Å². The third kappa shape index (κ3) is 4.37. The largest absolute Gasteiger partial charge is 0.481 e. The quantitative estimate of drug-likeness (QED) is 0.342. The monoisotopic (exact) mass is 470 g/mol. The van der Waals surface area contributed by atoms with E-state index in [1.807, 2.05) is 18.2 Å². The number of nitrogens with zero attached hydrogens (tertiary/aromatic N) is 4. The molecule has 6 nitrogen and oxygen atoms in total. The number of ether oxygens (including phenoxy) is 1. The van der Waals surface area contributed by atoms with Crippen LogP contribution in [0.3, 0.4) is 0 Å². The summed E-state index contributed by atoms with van der Waals surface area (Å²) in [6.07, 6.45) is -10.5. The molecule has 1 atom stereocenters. The van der Waals surface area contributed by atoms with Crippen molar-refractivity contribution in [1.29, 1.82) is 0 Å². The molecule has 0 N–H and O–H groups in total. The van der Waals surface area contributed by atoms with E-state index in [0.29, 0.717) is 24.2 Å². The number of imidazole rings is 1. The Labute approximate surface area is 182 Å². The second kappa shape index (κ2) is 7.78. The molecule has 0 aliphatic heterocycles. The van der Waals surface area contributed by atoms with Gasteiger partial charge in [-0.25, -0.2) is 4.98 Å². The molecule has 0 radical (unpaired) electrons. The van der Waals surface area contributed by atoms with Gasteiger partial charge in [-0.3, -0.25) is 0 Å². The Balaban J connectivity index is 1.70. The first-order valence-corrected chi connectivity index (χ1v) is 9.59. The molecule has 0 saturated heterocycles. The van der Waals surface area contributed by atoms with E-state index in [-0.39, 0.29) is 17.3 Å². The summed E-state index contributed by atoms with van der Waals surface area (Å²) < 4.78 is 90.3. The number of aromatic nitrogens is 4. The van der Waals surface area contributed by atoms with Gasteiger partial charge in [-0.2, -0.15) is 31.3 Å². The van der Waals surface area contributed by atoms with E-state index in [4.69, 9.17) is 4.52 Å². The van der Waals surface area contributed by atoms with Gasteiger partial charge in [0.1, 0.15) is 11.4 Å². The van der Waals surface area contributed by atoms with E-state index in [0.717, 1.165) is 23.5 Å². The van der Waals surface area contributed by atoms with Gasteiger partial charge in [0.05, 0.1) is 11.3 Å². The Morgan fingerprint density at radius 3 is 2.33 bits per heavy atom. The lowest BCUT2D eigenvalue weighted by Gasteiger charge is -2.20. The normalized spacial score (nSPS) is 13.5. The summed E-state index contributed by atoms with van der Waals surface area (Å²) in [7, 11) is 0. The number of alkyl halides is 6. The molecular weight excluding hydrogens is 454 g/mol. The fraction of sp³-hybridized carbons (Fsp3) is 0.286. The summed E-state index contributed by atoms with van der Waals surface area (Å²) in [5.74, 6) is -1.06. The minimum Gasteiger partial charge on any atom is -0.481 e. The van der Waals surface area contributed by atoms with Gasteiger partial charge in [-0.1, -0.05) is 5.16 Å². The number of halogens is 6. The minimum atomic E-state index is -4.97. The lowest BCUT2D eigenvalue weighted by atomic mass is 10.1. The van der Waals surface area contributed by atoms with Crippen LogP contribution in [0.25, 0.3) is 28.5 Å². The molecule has 1 unspecified atom stereocenters. The molecule has 1 aromatic carbocycles. The van der Waals surface area contributed by atoms with Crippen LogP contribution in [0.2, 0.25) is 0 Å². The zero-order chi connectivity index (χ0) is 24.1. The first-order valence-electron chi connectivity index (χ1n) is 9.59. The molecule has 3 heterocycles. The Kier molecular flexibility index (Phi) is 5.33. The second-order valence-electron chi connectivity index (χ2n) is 7.36. The van der Waals surface area contributed by atoms with Crippen molar-refractivity contribution < 1.29 is 35.6 Å². The van der Waals surface area contributed by atoms with E-state index in [2.05, 4.69) is 19.9 Å². The maximum absolute atomic E-state index is 13.5. The highest BCUT2D eigenvalue weighted by molar-refractivity contribution is 5.63. The summed E-state index contributed by atoms with van der Waals surface area (Å²) in [4.78, 5) is 8.53. The molecule has 0 spiro atoms. The lowest BCUT2D eigenvalue weighted by Crippen LogP contribution is -2.31. The molecule has 0 aliphatic carbocycles. The predicted molar refractivity (Wildman–Crippen MR) is 105 cm³/mol. The Morgan fingerprint density at radius 2 is 1.67 bits per heavy atom. The SMILES string of the molecule is Cc1nc2ccc(-c3noc(-c4ccc(OC(C)C(F)(F)F)c(C(F)(F)F)c4)n3)cn2c1C. The van der Waals surface area contributed by atoms with E-state index < -0.39 is 29.8 Å². The first-order chi connectivity index (χ1) is 15.3. The summed E-state index contributed by atoms with van der Waals surface area (Å²) in [6, 6.07) is 5.96. The van der Waals surface area contributed by atoms with Crippen LogP contribution in [-0.4, -0.2) is 31.8 Å². The first kappa shape index (κ1) is 22.6. The van der Waals surface area contributed by atoms with Crippen LogP contribution >= 0.6 is 0 Å². The fourth-order valence-corrected chi connectivity index (χ4v) is 3.11. The van der Waals surface area contributed by atoms with Crippen molar-refractivity contribution in [3.8, 4) is 28.6 Å². The van der Waals surface area contributed by atoms with Gasteiger partial charge >= 0.3 is 12.4 Å². The van der Waals surface area contributed by atoms with Crippen molar-refractivity contribution in [1.82, 2.24) is 19.5 Å². The average molecular weight is 470 g/mol. The molecule has 3 aromatic heterocycles. The summed E-state index contributed by atoms with van der Waals surface area (Å²) in [5, 5.41) is 3.82. The number of hydrogen-bond donors (Lipinski definition) is 0. The van der Waals surface area contributed by atoms with Crippen LogP contribution in [0.1, 0.15) is 23.9 Å². The molecule has 0 fully saturated rings. The van der Waals surface area contributed by atoms with E-state index in [9.17, 15) is 26.3 Å². The van der Waals surface area contributed by atoms with Crippen LogP contribution in [-0.2, 0) is 6.18 Å². The van der Waals surface area contributed by atoms with Crippen molar-refractivity contribution in [3.63, 3.8) is 0 Å². The standard InChI is InChI=1S/C21H16F6N4O2/c1-10-11(2)31-9-14(5-7-17(31)28-10)18-29-19(33-30-18)13-4-6-16(15(8-13)21(25,26)27)32-12(3)20(22,23)24/h4-9,12H,1-3H3. The van der Waals surface area contributed by atoms with E-state index in [1.54, 1.807) is 18.3 Å². The van der Waals surface area contributed by atoms with Gasteiger partial charge in [0.25, 0.3) is 5.89 Å². The van der Waals surface area contributed by atoms with Gasteiger partial charge < -0.3 is 13.7 Å². The Hall–Kier alpha value is -3.57. The molecule has 0 bridgehead atoms. The van der Waals surface area contributed by atoms with Crippen molar-refractivity contribution in [2.45, 2.75) is 39.2 Å². The van der Waals surface area contributed by atoms with Crippen molar-refractivity contribution in [2.24, 2.45) is 0 Å². The molecule has 12 heteroatoms. The fourth-order valence-electron chi connectivity index (χ4n) is 3.11. The number of pyridine rings is 1. The van der Waals surface area contributed by atoms with Crippen LogP contribution < -0.4 is 4.74 Å². The Bertz CT molecular complexity index is 1320. The van der Waals surface area contributed by atoms with Gasteiger partial charge in [-0.05, 0) is 51.1 Å². The highest BCUT2D eigenvalue weighted by atomic mass is 19.4. The topological polar surface area (TPSA) is 65.5 Å². The number of aryl methyl sites for hydroxylation is 2. The maximum atomic E-state index is 13.5.